The lowest BCUT2D eigenvalue weighted by atomic mass is 10.3. The van der Waals surface area contributed by atoms with Gasteiger partial charge in [-0.1, -0.05) is 0 Å². The SMILES string of the molecule is CC(O)CC(=O)N(N)C#N. The van der Waals surface area contributed by atoms with Crippen molar-refractivity contribution in [3.05, 3.63) is 0 Å². The normalized spacial score (nSPS) is 11.8. The molecule has 0 saturated carbocycles. The number of hydrogen-bond donors (Lipinski definition) is 2. The molecule has 0 bridgehead atoms. The monoisotopic (exact) mass is 143 g/mol. The molecule has 0 heterocycles. The highest BCUT2D eigenvalue weighted by Gasteiger charge is 2.10. The van der Waals surface area contributed by atoms with Gasteiger partial charge in [0.15, 0.2) is 0 Å². The molecule has 0 aliphatic carbocycles. The van der Waals surface area contributed by atoms with Crippen LogP contribution < -0.4 is 5.84 Å². The Morgan fingerprint density at radius 1 is 2.00 bits per heavy atom. The average Bonchev–Trinajstić information content (AvgIpc) is 1.85. The van der Waals surface area contributed by atoms with Gasteiger partial charge in [-0.05, 0) is 6.92 Å². The van der Waals surface area contributed by atoms with Crippen molar-refractivity contribution < 1.29 is 9.90 Å². The van der Waals surface area contributed by atoms with E-state index in [1.165, 1.54) is 13.1 Å². The molecule has 1 atom stereocenters. The minimum absolute atomic E-state index is 0.121. The van der Waals surface area contributed by atoms with Crippen molar-refractivity contribution in [2.24, 2.45) is 5.84 Å². The van der Waals surface area contributed by atoms with Gasteiger partial charge in [0.05, 0.1) is 12.5 Å². The molecular weight excluding hydrogens is 134 g/mol. The molecular formula is C5H9N3O2. The summed E-state index contributed by atoms with van der Waals surface area (Å²) in [7, 11) is 0. The second kappa shape index (κ2) is 3.82. The van der Waals surface area contributed by atoms with Crippen LogP contribution in [0.3, 0.4) is 0 Å². The van der Waals surface area contributed by atoms with E-state index in [2.05, 4.69) is 0 Å². The van der Waals surface area contributed by atoms with Gasteiger partial charge in [-0.25, -0.2) is 5.84 Å². The number of hydrogen-bond acceptors (Lipinski definition) is 4. The highest BCUT2D eigenvalue weighted by Crippen LogP contribution is 1.91. The van der Waals surface area contributed by atoms with Crippen molar-refractivity contribution in [1.29, 1.82) is 5.26 Å². The Balaban J connectivity index is 3.76. The summed E-state index contributed by atoms with van der Waals surface area (Å²) < 4.78 is 0. The average molecular weight is 143 g/mol. The van der Waals surface area contributed by atoms with Crippen molar-refractivity contribution in [3.63, 3.8) is 0 Å². The summed E-state index contributed by atoms with van der Waals surface area (Å²) in [4.78, 5) is 10.6. The number of aliphatic hydroxyl groups excluding tert-OH is 1. The van der Waals surface area contributed by atoms with Crippen LogP contribution in [0.2, 0.25) is 0 Å². The molecule has 1 amide bonds. The van der Waals surface area contributed by atoms with Crippen LogP contribution in [0.5, 0.6) is 0 Å². The Bertz CT molecular complexity index is 161. The molecule has 0 aromatic heterocycles. The van der Waals surface area contributed by atoms with Crippen molar-refractivity contribution >= 4 is 5.91 Å². The fraction of sp³-hybridized carbons (Fsp3) is 0.600. The third-order valence-corrected chi connectivity index (χ3v) is 0.846. The summed E-state index contributed by atoms with van der Waals surface area (Å²) in [5.74, 6) is 4.29. The molecule has 0 aromatic rings. The van der Waals surface area contributed by atoms with Gasteiger partial charge in [0, 0.05) is 0 Å². The molecule has 10 heavy (non-hydrogen) atoms. The van der Waals surface area contributed by atoms with E-state index in [1.807, 2.05) is 0 Å². The maximum absolute atomic E-state index is 10.6. The minimum Gasteiger partial charge on any atom is -0.393 e. The number of nitrogens with two attached hydrogens (primary N) is 1. The zero-order valence-corrected chi connectivity index (χ0v) is 5.61. The fourth-order valence-electron chi connectivity index (χ4n) is 0.407. The van der Waals surface area contributed by atoms with Crippen molar-refractivity contribution in [2.45, 2.75) is 19.4 Å². The molecule has 0 fully saturated rings. The molecule has 0 saturated heterocycles. The predicted molar refractivity (Wildman–Crippen MR) is 32.9 cm³/mol. The molecule has 0 aromatic carbocycles. The lowest BCUT2D eigenvalue weighted by Gasteiger charge is -2.06. The maximum Gasteiger partial charge on any atom is 0.252 e. The van der Waals surface area contributed by atoms with E-state index in [0.29, 0.717) is 5.01 Å². The zero-order valence-electron chi connectivity index (χ0n) is 5.61. The molecule has 0 radical (unpaired) electrons. The molecule has 3 N–H and O–H groups in total. The van der Waals surface area contributed by atoms with Crippen LogP contribution in [0, 0.1) is 11.5 Å². The molecule has 0 spiro atoms. The van der Waals surface area contributed by atoms with Crippen LogP contribution in [-0.4, -0.2) is 22.1 Å². The third kappa shape index (κ3) is 3.02. The van der Waals surface area contributed by atoms with Crippen LogP contribution in [0.25, 0.3) is 0 Å². The van der Waals surface area contributed by atoms with Gasteiger partial charge in [0.25, 0.3) is 5.91 Å². The summed E-state index contributed by atoms with van der Waals surface area (Å²) in [6.45, 7) is 1.45. The maximum atomic E-state index is 10.6. The molecule has 5 heteroatoms. The van der Waals surface area contributed by atoms with E-state index in [1.54, 1.807) is 0 Å². The highest BCUT2D eigenvalue weighted by atomic mass is 16.3. The van der Waals surface area contributed by atoms with Gasteiger partial charge in [0.1, 0.15) is 0 Å². The largest absolute Gasteiger partial charge is 0.393 e. The molecule has 0 aliphatic heterocycles. The Labute approximate surface area is 58.6 Å². The van der Waals surface area contributed by atoms with Gasteiger partial charge < -0.3 is 5.11 Å². The Hall–Kier alpha value is -1.12. The van der Waals surface area contributed by atoms with Gasteiger partial charge in [-0.2, -0.15) is 10.3 Å². The van der Waals surface area contributed by atoms with Crippen LogP contribution in [0.1, 0.15) is 13.3 Å². The van der Waals surface area contributed by atoms with Crippen LogP contribution in [0.15, 0.2) is 0 Å². The smallest absolute Gasteiger partial charge is 0.252 e. The standard InChI is InChI=1S/C5H9N3O2/c1-4(9)2-5(10)8(7)3-6/h4,9H,2,7H2,1H3. The Kier molecular flexibility index (Phi) is 3.39. The molecule has 1 unspecified atom stereocenters. The number of hydrazine groups is 1. The van der Waals surface area contributed by atoms with Crippen LogP contribution in [-0.2, 0) is 4.79 Å². The number of rotatable bonds is 2. The van der Waals surface area contributed by atoms with E-state index in [9.17, 15) is 4.79 Å². The predicted octanol–water partition coefficient (Wildman–Crippen LogP) is -1.06. The van der Waals surface area contributed by atoms with E-state index >= 15 is 0 Å². The Morgan fingerprint density at radius 3 is 2.80 bits per heavy atom. The van der Waals surface area contributed by atoms with Crippen LogP contribution in [0.4, 0.5) is 0 Å². The van der Waals surface area contributed by atoms with Crippen LogP contribution >= 0.6 is 0 Å². The van der Waals surface area contributed by atoms with E-state index in [0.717, 1.165) is 0 Å². The minimum atomic E-state index is -0.758. The fourth-order valence-corrected chi connectivity index (χ4v) is 0.407. The third-order valence-electron chi connectivity index (χ3n) is 0.846. The first-order chi connectivity index (χ1) is 4.57. The molecule has 56 valence electrons. The molecule has 5 nitrogen and oxygen atoms in total. The number of nitriles is 1. The van der Waals surface area contributed by atoms with E-state index < -0.39 is 12.0 Å². The topological polar surface area (TPSA) is 90.3 Å². The first-order valence-corrected chi connectivity index (χ1v) is 2.73. The van der Waals surface area contributed by atoms with Crippen molar-refractivity contribution in [3.8, 4) is 6.19 Å². The summed E-state index contributed by atoms with van der Waals surface area (Å²) in [5.41, 5.74) is 0. The van der Waals surface area contributed by atoms with E-state index in [4.69, 9.17) is 16.2 Å². The Morgan fingerprint density at radius 2 is 2.50 bits per heavy atom. The van der Waals surface area contributed by atoms with Gasteiger partial charge in [-0.3, -0.25) is 4.79 Å². The highest BCUT2D eigenvalue weighted by molar-refractivity contribution is 5.77. The van der Waals surface area contributed by atoms with Crippen molar-refractivity contribution in [2.75, 3.05) is 0 Å². The number of carbonyl (C=O) groups is 1. The first kappa shape index (κ1) is 8.88. The lowest BCUT2D eigenvalue weighted by molar-refractivity contribution is -0.130. The van der Waals surface area contributed by atoms with Gasteiger partial charge in [-0.15, -0.1) is 0 Å². The molecule has 0 rings (SSSR count). The summed E-state index contributed by atoms with van der Waals surface area (Å²) >= 11 is 0. The lowest BCUT2D eigenvalue weighted by Crippen LogP contribution is -2.34. The first-order valence-electron chi connectivity index (χ1n) is 2.73. The second-order valence-electron chi connectivity index (χ2n) is 1.92. The number of aliphatic hydroxyl groups is 1. The number of nitrogens with zero attached hydrogens (tertiary/aromatic N) is 2. The van der Waals surface area contributed by atoms with E-state index in [-0.39, 0.29) is 6.42 Å². The van der Waals surface area contributed by atoms with Gasteiger partial charge >= 0.3 is 0 Å². The molecule has 0 aliphatic rings. The summed E-state index contributed by atoms with van der Waals surface area (Å²) in [5, 5.41) is 17.1. The number of amides is 1. The zero-order chi connectivity index (χ0) is 8.15. The van der Waals surface area contributed by atoms with Gasteiger partial charge in [0.2, 0.25) is 6.19 Å². The number of carbonyl (C=O) groups excluding carboxylic acids is 1. The quantitative estimate of drug-likeness (QED) is 0.169. The summed E-state index contributed by atoms with van der Waals surface area (Å²) in [6.07, 6.45) is 0.542. The second-order valence-corrected chi connectivity index (χ2v) is 1.92. The van der Waals surface area contributed by atoms with Crippen molar-refractivity contribution in [1.82, 2.24) is 5.01 Å². The summed E-state index contributed by atoms with van der Waals surface area (Å²) in [6, 6.07) is 0.